The number of benzene rings is 2. The molecule has 0 aliphatic rings. The maximum Gasteiger partial charge on any atom is 0.252 e. The zero-order valence-corrected chi connectivity index (χ0v) is 20.0. The van der Waals surface area contributed by atoms with Gasteiger partial charge < -0.3 is 4.57 Å². The Kier molecular flexibility index (Phi) is 7.21. The summed E-state index contributed by atoms with van der Waals surface area (Å²) in [7, 11) is -3.29. The van der Waals surface area contributed by atoms with Gasteiger partial charge in [-0.1, -0.05) is 49.4 Å². The average Bonchev–Trinajstić information content (AvgIpc) is 3.02. The lowest BCUT2D eigenvalue weighted by Gasteiger charge is -2.06. The first-order valence-corrected chi connectivity index (χ1v) is 13.8. The molecule has 2 aromatic carbocycles. The lowest BCUT2D eigenvalue weighted by Crippen LogP contribution is -2.18. The van der Waals surface area contributed by atoms with Gasteiger partial charge in [0.1, 0.15) is 0 Å². The largest absolute Gasteiger partial charge is 0.316 e. The third-order valence-corrected chi connectivity index (χ3v) is 7.57. The van der Waals surface area contributed by atoms with E-state index in [4.69, 9.17) is 0 Å². The minimum Gasteiger partial charge on any atom is -0.316 e. The van der Waals surface area contributed by atoms with Gasteiger partial charge in [0, 0.05) is 18.6 Å². The van der Waals surface area contributed by atoms with Crippen LogP contribution >= 0.6 is 23.1 Å². The molecule has 0 unspecified atom stereocenters. The Bertz CT molecular complexity index is 1220. The molecule has 1 amide bonds. The van der Waals surface area contributed by atoms with Crippen LogP contribution < -0.4 is 4.80 Å². The Morgan fingerprint density at radius 3 is 2.47 bits per heavy atom. The van der Waals surface area contributed by atoms with Crippen molar-refractivity contribution in [2.45, 2.75) is 37.6 Å². The highest BCUT2D eigenvalue weighted by atomic mass is 32.2. The van der Waals surface area contributed by atoms with E-state index in [9.17, 15) is 13.2 Å². The number of sulfone groups is 1. The normalized spacial score (nSPS) is 12.8. The topological polar surface area (TPSA) is 68.5 Å². The third-order valence-electron chi connectivity index (χ3n) is 4.82. The van der Waals surface area contributed by atoms with Gasteiger partial charge in [-0.05, 0) is 41.5 Å². The molecule has 0 fully saturated rings. The Labute approximate surface area is 185 Å². The van der Waals surface area contributed by atoms with Crippen LogP contribution in [0.25, 0.3) is 10.2 Å². The van der Waals surface area contributed by atoms with Gasteiger partial charge >= 0.3 is 0 Å². The molecule has 0 aliphatic heterocycles. The highest BCUT2D eigenvalue weighted by Gasteiger charge is 2.13. The number of thioether (sulfide) groups is 1. The zero-order chi connectivity index (χ0) is 21.9. The van der Waals surface area contributed by atoms with E-state index < -0.39 is 9.84 Å². The molecule has 1 heterocycles. The van der Waals surface area contributed by atoms with Crippen molar-refractivity contribution in [2.75, 3.05) is 18.3 Å². The second kappa shape index (κ2) is 9.49. The van der Waals surface area contributed by atoms with Crippen molar-refractivity contribution in [3.8, 4) is 0 Å². The fraction of sp³-hybridized carbons (Fsp3) is 0.364. The van der Waals surface area contributed by atoms with Crippen molar-refractivity contribution in [1.29, 1.82) is 0 Å². The molecule has 5 nitrogen and oxygen atoms in total. The van der Waals surface area contributed by atoms with Crippen molar-refractivity contribution < 1.29 is 13.2 Å². The minimum atomic E-state index is -3.29. The molecule has 0 radical (unpaired) electrons. The van der Waals surface area contributed by atoms with Crippen LogP contribution in [-0.4, -0.2) is 37.2 Å². The lowest BCUT2D eigenvalue weighted by molar-refractivity contribution is -0.117. The van der Waals surface area contributed by atoms with Crippen LogP contribution in [0.2, 0.25) is 0 Å². The number of thiazole rings is 1. The molecule has 8 heteroatoms. The van der Waals surface area contributed by atoms with Crippen molar-refractivity contribution in [2.24, 2.45) is 4.99 Å². The Balaban J connectivity index is 1.97. The predicted molar refractivity (Wildman–Crippen MR) is 126 cm³/mol. The molecule has 3 rings (SSSR count). The summed E-state index contributed by atoms with van der Waals surface area (Å²) in [6.07, 6.45) is 3.46. The van der Waals surface area contributed by atoms with Crippen LogP contribution in [0.15, 0.2) is 52.4 Å². The van der Waals surface area contributed by atoms with Gasteiger partial charge in [0.05, 0.1) is 21.5 Å². The first-order chi connectivity index (χ1) is 14.2. The summed E-state index contributed by atoms with van der Waals surface area (Å²) in [5.41, 5.74) is 3.07. The van der Waals surface area contributed by atoms with Crippen molar-refractivity contribution in [3.05, 3.63) is 58.4 Å². The maximum atomic E-state index is 12.7. The summed E-state index contributed by atoms with van der Waals surface area (Å²) in [5.74, 6) is 1.11. The smallest absolute Gasteiger partial charge is 0.252 e. The fourth-order valence-corrected chi connectivity index (χ4v) is 5.31. The molecule has 0 N–H and O–H groups in total. The van der Waals surface area contributed by atoms with Gasteiger partial charge in [0.2, 0.25) is 0 Å². The summed E-state index contributed by atoms with van der Waals surface area (Å²) in [6.45, 7) is 4.98. The van der Waals surface area contributed by atoms with E-state index in [-0.39, 0.29) is 17.2 Å². The monoisotopic (exact) mass is 462 g/mol. The molecule has 3 aromatic rings. The van der Waals surface area contributed by atoms with Gasteiger partial charge in [-0.25, -0.2) is 8.42 Å². The molecule has 0 saturated carbocycles. The molecule has 0 atom stereocenters. The van der Waals surface area contributed by atoms with E-state index in [2.05, 4.69) is 31.0 Å². The summed E-state index contributed by atoms with van der Waals surface area (Å²) >= 11 is 3.06. The molecule has 0 bridgehead atoms. The minimum absolute atomic E-state index is 0.208. The fourth-order valence-electron chi connectivity index (χ4n) is 3.11. The second-order valence-electron chi connectivity index (χ2n) is 7.51. The highest BCUT2D eigenvalue weighted by molar-refractivity contribution is 7.98. The van der Waals surface area contributed by atoms with Crippen LogP contribution in [0.5, 0.6) is 0 Å². The van der Waals surface area contributed by atoms with Crippen LogP contribution in [0, 0.1) is 0 Å². The van der Waals surface area contributed by atoms with Gasteiger partial charge in [-0.2, -0.15) is 16.8 Å². The first kappa shape index (κ1) is 22.8. The van der Waals surface area contributed by atoms with E-state index in [1.807, 2.05) is 23.0 Å². The van der Waals surface area contributed by atoms with Gasteiger partial charge in [-0.3, -0.25) is 4.79 Å². The average molecular weight is 463 g/mol. The number of rotatable bonds is 7. The summed E-state index contributed by atoms with van der Waals surface area (Å²) in [4.78, 5) is 17.9. The number of carbonyl (C=O) groups is 1. The molecule has 0 saturated heterocycles. The number of hydrogen-bond acceptors (Lipinski definition) is 5. The van der Waals surface area contributed by atoms with Crippen LogP contribution in [0.3, 0.4) is 0 Å². The number of aryl methyl sites for hydroxylation is 1. The van der Waals surface area contributed by atoms with Crippen LogP contribution in [0.4, 0.5) is 0 Å². The Hall–Kier alpha value is -1.90. The molecule has 0 spiro atoms. The van der Waals surface area contributed by atoms with Crippen LogP contribution in [0.1, 0.15) is 30.9 Å². The summed E-state index contributed by atoms with van der Waals surface area (Å²) in [5, 5.41) is 0. The second-order valence-corrected chi connectivity index (χ2v) is 11.5. The molecule has 160 valence electrons. The first-order valence-electron chi connectivity index (χ1n) is 9.68. The Morgan fingerprint density at radius 2 is 1.87 bits per heavy atom. The highest BCUT2D eigenvalue weighted by Crippen LogP contribution is 2.22. The SMILES string of the molecule is CSCCn1c(=NC(=O)Cc2ccc(C(C)C)cc2)sc2cc(S(C)(=O)=O)ccc21. The number of carbonyl (C=O) groups excluding carboxylic acids is 1. The number of aromatic nitrogens is 1. The van der Waals surface area contributed by atoms with E-state index in [0.29, 0.717) is 17.3 Å². The van der Waals surface area contributed by atoms with Gasteiger partial charge in [0.25, 0.3) is 5.91 Å². The molecular weight excluding hydrogens is 436 g/mol. The zero-order valence-electron chi connectivity index (χ0n) is 17.6. The number of hydrogen-bond donors (Lipinski definition) is 0. The molecule has 0 aliphatic carbocycles. The van der Waals surface area contributed by atoms with Crippen LogP contribution in [-0.2, 0) is 27.6 Å². The lowest BCUT2D eigenvalue weighted by atomic mass is 10.0. The number of nitrogens with zero attached hydrogens (tertiary/aromatic N) is 2. The summed E-state index contributed by atoms with van der Waals surface area (Å²) < 4.78 is 26.6. The number of amides is 1. The molecule has 1 aromatic heterocycles. The van der Waals surface area contributed by atoms with Gasteiger partial charge in [-0.15, -0.1) is 0 Å². The van der Waals surface area contributed by atoms with E-state index >= 15 is 0 Å². The number of fused-ring (bicyclic) bond motifs is 1. The Morgan fingerprint density at radius 1 is 1.17 bits per heavy atom. The van der Waals surface area contributed by atoms with E-state index in [0.717, 1.165) is 21.5 Å². The predicted octanol–water partition coefficient (Wildman–Crippen LogP) is 4.26. The third kappa shape index (κ3) is 5.42. The standard InChI is InChI=1S/C22H26N2O3S3/c1-15(2)17-7-5-16(6-8-17)13-21(25)23-22-24(11-12-28-3)19-10-9-18(30(4,26)27)14-20(19)29-22/h5-10,14-15H,11-13H2,1-4H3. The summed E-state index contributed by atoms with van der Waals surface area (Å²) in [6, 6.07) is 13.1. The van der Waals surface area contributed by atoms with Crippen molar-refractivity contribution in [3.63, 3.8) is 0 Å². The maximum absolute atomic E-state index is 12.7. The van der Waals surface area contributed by atoms with E-state index in [1.54, 1.807) is 30.0 Å². The van der Waals surface area contributed by atoms with E-state index in [1.165, 1.54) is 23.2 Å². The van der Waals surface area contributed by atoms with Crippen molar-refractivity contribution in [1.82, 2.24) is 4.57 Å². The van der Waals surface area contributed by atoms with Gasteiger partial charge in [0.15, 0.2) is 14.6 Å². The molecule has 30 heavy (non-hydrogen) atoms. The molecular formula is C22H26N2O3S3. The van der Waals surface area contributed by atoms with Crippen molar-refractivity contribution >= 4 is 49.1 Å². The quantitative estimate of drug-likeness (QED) is 0.526.